The number of amides is 1. The second kappa shape index (κ2) is 8.61. The van der Waals surface area contributed by atoms with Crippen LogP contribution in [0.4, 0.5) is 11.4 Å². The van der Waals surface area contributed by atoms with Crippen LogP contribution in [0.5, 0.6) is 11.7 Å². The number of methoxy groups -OCH3 is 1. The summed E-state index contributed by atoms with van der Waals surface area (Å²) in [6.07, 6.45) is 0. The summed E-state index contributed by atoms with van der Waals surface area (Å²) in [5.41, 5.74) is 0.900. The number of carbonyl (C=O) groups excluding carboxylic acids is 1. The van der Waals surface area contributed by atoms with Gasteiger partial charge in [0.05, 0.1) is 22.6 Å². The number of non-ortho nitro benzene ring substituents is 1. The molecule has 11 heteroatoms. The van der Waals surface area contributed by atoms with E-state index < -0.39 is 16.1 Å². The Labute approximate surface area is 169 Å². The van der Waals surface area contributed by atoms with E-state index in [-0.39, 0.29) is 16.6 Å². The molecule has 0 saturated carbocycles. The van der Waals surface area contributed by atoms with Crippen LogP contribution in [0.1, 0.15) is 6.92 Å². The molecule has 29 heavy (non-hydrogen) atoms. The van der Waals surface area contributed by atoms with Gasteiger partial charge in [-0.25, -0.2) is 0 Å². The average Bonchev–Trinajstić information content (AvgIpc) is 3.08. The van der Waals surface area contributed by atoms with Crippen LogP contribution in [0.25, 0.3) is 5.69 Å². The average molecular weight is 416 g/mol. The smallest absolute Gasteiger partial charge is 0.298 e. The molecular formula is C18H16N4O6S. The van der Waals surface area contributed by atoms with E-state index in [4.69, 9.17) is 9.26 Å². The highest BCUT2D eigenvalue weighted by Crippen LogP contribution is 2.28. The van der Waals surface area contributed by atoms with Gasteiger partial charge in [-0.15, -0.1) is 0 Å². The van der Waals surface area contributed by atoms with Gasteiger partial charge in [0.1, 0.15) is 5.75 Å². The zero-order valence-electron chi connectivity index (χ0n) is 15.4. The standard InChI is InChI=1S/C18H16N4O6S/c1-11(16(23)19-12-3-5-14(6-4-12)22(25)26)29-17-18(24)28-20-21(17)13-7-9-15(27-2)10-8-13/h3-11H,1-2H3,(H-,19,20,23,24). The predicted molar refractivity (Wildman–Crippen MR) is 101 cm³/mol. The summed E-state index contributed by atoms with van der Waals surface area (Å²) in [5, 5.41) is 28.6. The highest BCUT2D eigenvalue weighted by Gasteiger charge is 2.26. The van der Waals surface area contributed by atoms with Gasteiger partial charge in [0.25, 0.3) is 10.7 Å². The van der Waals surface area contributed by atoms with Gasteiger partial charge in [0.15, 0.2) is 5.95 Å². The lowest BCUT2D eigenvalue weighted by molar-refractivity contribution is -0.705. The summed E-state index contributed by atoms with van der Waals surface area (Å²) in [5.74, 6) is -0.406. The monoisotopic (exact) mass is 416 g/mol. The first-order valence-corrected chi connectivity index (χ1v) is 9.22. The summed E-state index contributed by atoms with van der Waals surface area (Å²) in [6, 6.07) is 12.3. The fraction of sp³-hybridized carbons (Fsp3) is 0.167. The van der Waals surface area contributed by atoms with E-state index >= 15 is 0 Å². The third kappa shape index (κ3) is 4.63. The van der Waals surface area contributed by atoms with E-state index in [1.54, 1.807) is 38.3 Å². The van der Waals surface area contributed by atoms with E-state index in [2.05, 4.69) is 10.6 Å². The molecule has 150 valence electrons. The van der Waals surface area contributed by atoms with E-state index in [1.807, 2.05) is 0 Å². The van der Waals surface area contributed by atoms with Gasteiger partial charge >= 0.3 is 0 Å². The largest absolute Gasteiger partial charge is 0.538 e. The molecule has 3 aromatic rings. The van der Waals surface area contributed by atoms with Crippen molar-refractivity contribution in [1.29, 1.82) is 0 Å². The molecule has 2 aromatic carbocycles. The first kappa shape index (κ1) is 20.1. The van der Waals surface area contributed by atoms with Crippen molar-refractivity contribution in [2.75, 3.05) is 12.4 Å². The molecule has 1 N–H and O–H groups in total. The van der Waals surface area contributed by atoms with Crippen LogP contribution in [0.15, 0.2) is 58.1 Å². The number of nitro groups is 1. The van der Waals surface area contributed by atoms with Crippen molar-refractivity contribution in [2.45, 2.75) is 17.2 Å². The third-order valence-corrected chi connectivity index (χ3v) is 5.02. The number of hydrogen-bond donors (Lipinski definition) is 1. The highest BCUT2D eigenvalue weighted by atomic mass is 32.2. The molecule has 0 radical (unpaired) electrons. The fourth-order valence-electron chi connectivity index (χ4n) is 2.36. The van der Waals surface area contributed by atoms with E-state index in [1.165, 1.54) is 28.9 Å². The molecule has 1 heterocycles. The Morgan fingerprint density at radius 2 is 1.90 bits per heavy atom. The number of anilines is 1. The number of nitrogens with zero attached hydrogens (tertiary/aromatic N) is 3. The van der Waals surface area contributed by atoms with Crippen molar-refractivity contribution in [1.82, 2.24) is 5.27 Å². The maximum absolute atomic E-state index is 12.5. The molecule has 0 fully saturated rings. The van der Waals surface area contributed by atoms with Crippen LogP contribution in [0.2, 0.25) is 0 Å². The van der Waals surface area contributed by atoms with Crippen molar-refractivity contribution in [3.8, 4) is 17.4 Å². The van der Waals surface area contributed by atoms with Crippen molar-refractivity contribution in [3.05, 3.63) is 58.6 Å². The molecule has 0 saturated heterocycles. The molecular weight excluding hydrogens is 400 g/mol. The number of carbonyl (C=O) groups is 1. The minimum Gasteiger partial charge on any atom is -0.538 e. The molecule has 0 aliphatic rings. The summed E-state index contributed by atoms with van der Waals surface area (Å²) >= 11 is 0.986. The minimum absolute atomic E-state index is 0.0774. The molecule has 3 rings (SSSR count). The molecule has 1 atom stereocenters. The lowest BCUT2D eigenvalue weighted by Crippen LogP contribution is -2.36. The Kier molecular flexibility index (Phi) is 5.98. The van der Waals surface area contributed by atoms with E-state index in [0.717, 1.165) is 11.8 Å². The molecule has 0 aliphatic heterocycles. The van der Waals surface area contributed by atoms with Crippen molar-refractivity contribution >= 4 is 29.0 Å². The number of hydrogen-bond acceptors (Lipinski definition) is 8. The van der Waals surface area contributed by atoms with Gasteiger partial charge in [-0.3, -0.25) is 14.9 Å². The quantitative estimate of drug-likeness (QED) is 0.268. The van der Waals surface area contributed by atoms with Crippen LogP contribution in [0, 0.1) is 10.1 Å². The summed E-state index contributed by atoms with van der Waals surface area (Å²) in [7, 11) is 1.54. The fourth-order valence-corrected chi connectivity index (χ4v) is 3.23. The summed E-state index contributed by atoms with van der Waals surface area (Å²) in [4.78, 5) is 22.6. The number of aromatic nitrogens is 2. The van der Waals surface area contributed by atoms with Crippen LogP contribution in [-0.4, -0.2) is 28.5 Å². The number of benzene rings is 2. The normalized spacial score (nSPS) is 11.7. The molecule has 1 aromatic heterocycles. The molecule has 0 bridgehead atoms. The van der Waals surface area contributed by atoms with Crippen LogP contribution < -0.4 is 19.8 Å². The van der Waals surface area contributed by atoms with Gasteiger partial charge in [0.2, 0.25) is 11.6 Å². The number of rotatable bonds is 7. The molecule has 1 unspecified atom stereocenters. The lowest BCUT2D eigenvalue weighted by Gasteiger charge is -2.10. The maximum atomic E-state index is 12.5. The zero-order valence-corrected chi connectivity index (χ0v) is 16.2. The molecule has 0 spiro atoms. The Morgan fingerprint density at radius 3 is 2.48 bits per heavy atom. The van der Waals surface area contributed by atoms with Crippen molar-refractivity contribution in [2.24, 2.45) is 0 Å². The summed E-state index contributed by atoms with van der Waals surface area (Å²) < 4.78 is 11.2. The van der Waals surface area contributed by atoms with Crippen LogP contribution in [-0.2, 0) is 4.79 Å². The molecule has 10 nitrogen and oxygen atoms in total. The first-order chi connectivity index (χ1) is 13.9. The first-order valence-electron chi connectivity index (χ1n) is 8.34. The highest BCUT2D eigenvalue weighted by molar-refractivity contribution is 8.00. The molecule has 1 amide bonds. The number of thioether (sulfide) groups is 1. The van der Waals surface area contributed by atoms with Crippen LogP contribution in [0.3, 0.4) is 0 Å². The van der Waals surface area contributed by atoms with Gasteiger partial charge < -0.3 is 19.7 Å². The third-order valence-electron chi connectivity index (χ3n) is 3.89. The minimum atomic E-state index is -0.666. The SMILES string of the molecule is COc1ccc(-[n+]2noc([O-])c2SC(C)C(=O)Nc2ccc([N+](=O)[O-])cc2)cc1. The van der Waals surface area contributed by atoms with Gasteiger partial charge in [-0.1, -0.05) is 0 Å². The number of nitro benzene ring substituents is 1. The second-order valence-electron chi connectivity index (χ2n) is 5.83. The summed E-state index contributed by atoms with van der Waals surface area (Å²) in [6.45, 7) is 1.62. The van der Waals surface area contributed by atoms with Gasteiger partial charge in [0, 0.05) is 30.0 Å². The Bertz CT molecular complexity index is 1020. The lowest BCUT2D eigenvalue weighted by atomic mass is 10.3. The number of ether oxygens (including phenoxy) is 1. The van der Waals surface area contributed by atoms with Gasteiger partial charge in [-0.05, 0) is 47.6 Å². The van der Waals surface area contributed by atoms with Crippen LogP contribution >= 0.6 is 11.8 Å². The Balaban J connectivity index is 1.72. The zero-order chi connectivity index (χ0) is 21.0. The van der Waals surface area contributed by atoms with Crippen molar-refractivity contribution in [3.63, 3.8) is 0 Å². The second-order valence-corrected chi connectivity index (χ2v) is 7.16. The predicted octanol–water partition coefficient (Wildman–Crippen LogP) is 2.06. The van der Waals surface area contributed by atoms with E-state index in [0.29, 0.717) is 17.1 Å². The van der Waals surface area contributed by atoms with Crippen molar-refractivity contribution < 1.29 is 28.8 Å². The molecule has 0 aliphatic carbocycles. The van der Waals surface area contributed by atoms with Gasteiger partial charge in [-0.2, -0.15) is 0 Å². The van der Waals surface area contributed by atoms with E-state index in [9.17, 15) is 20.0 Å². The maximum Gasteiger partial charge on any atom is 0.298 e. The Hall–Kier alpha value is -3.60. The number of nitrogens with one attached hydrogen (secondary N) is 1. The Morgan fingerprint density at radius 1 is 1.24 bits per heavy atom. The topological polar surface area (TPSA) is 134 Å².